The Morgan fingerprint density at radius 1 is 1.14 bits per heavy atom. The summed E-state index contributed by atoms with van der Waals surface area (Å²) in [6, 6.07) is 8.28. The summed E-state index contributed by atoms with van der Waals surface area (Å²) < 4.78 is 49.4. The van der Waals surface area contributed by atoms with Crippen LogP contribution in [0.15, 0.2) is 51.9 Å². The van der Waals surface area contributed by atoms with Gasteiger partial charge in [-0.2, -0.15) is 18.3 Å². The molecule has 0 spiro atoms. The van der Waals surface area contributed by atoms with E-state index < -0.39 is 23.7 Å². The zero-order valence-electron chi connectivity index (χ0n) is 24.1. The SMILES string of the molecule is Cc1cc(C)n(-c2nc3c(c(=O)n2-c2ccc(O[C@H]4C[C@@H](N)C4)nc2)C[C@@H](C)N(C(=O)c2ccc(Br)c(C(F)(F)F)c2)C3)n1. The highest BCUT2D eigenvalue weighted by Crippen LogP contribution is 2.36. The van der Waals surface area contributed by atoms with E-state index >= 15 is 0 Å². The third-order valence-corrected chi connectivity index (χ3v) is 8.66. The fourth-order valence-electron chi connectivity index (χ4n) is 5.61. The van der Waals surface area contributed by atoms with Crippen molar-refractivity contribution in [3.63, 3.8) is 0 Å². The summed E-state index contributed by atoms with van der Waals surface area (Å²) in [4.78, 5) is 38.4. The van der Waals surface area contributed by atoms with E-state index in [9.17, 15) is 22.8 Å². The van der Waals surface area contributed by atoms with Gasteiger partial charge in [0.15, 0.2) is 0 Å². The normalized spacial score (nSPS) is 19.8. The van der Waals surface area contributed by atoms with Gasteiger partial charge in [0, 0.05) is 39.4 Å². The van der Waals surface area contributed by atoms with Crippen LogP contribution < -0.4 is 16.0 Å². The minimum atomic E-state index is -4.64. The maximum absolute atomic E-state index is 14.1. The van der Waals surface area contributed by atoms with E-state index in [-0.39, 0.29) is 46.7 Å². The fourth-order valence-corrected chi connectivity index (χ4v) is 6.08. The van der Waals surface area contributed by atoms with Gasteiger partial charge in [0.1, 0.15) is 6.10 Å². The van der Waals surface area contributed by atoms with Crippen molar-refractivity contribution in [3.05, 3.63) is 91.2 Å². The van der Waals surface area contributed by atoms with Crippen molar-refractivity contribution in [1.29, 1.82) is 0 Å². The van der Waals surface area contributed by atoms with Crippen molar-refractivity contribution >= 4 is 21.8 Å². The number of alkyl halides is 3. The molecular formula is C30H29BrF3N7O3. The van der Waals surface area contributed by atoms with Crippen LogP contribution in [0.2, 0.25) is 0 Å². The molecule has 4 aromatic rings. The Labute approximate surface area is 258 Å². The quantitative estimate of drug-likeness (QED) is 0.327. The zero-order valence-corrected chi connectivity index (χ0v) is 25.7. The number of amides is 1. The number of hydrogen-bond acceptors (Lipinski definition) is 7. The Kier molecular flexibility index (Phi) is 7.60. The number of aromatic nitrogens is 5. The van der Waals surface area contributed by atoms with Gasteiger partial charge in [-0.3, -0.25) is 9.59 Å². The number of halogens is 4. The Morgan fingerprint density at radius 2 is 1.89 bits per heavy atom. The Balaban J connectivity index is 1.39. The minimum absolute atomic E-state index is 0.00588. The van der Waals surface area contributed by atoms with Crippen LogP contribution in [-0.2, 0) is 19.1 Å². The summed E-state index contributed by atoms with van der Waals surface area (Å²) in [5.74, 6) is 0.0263. The molecule has 2 N–H and O–H groups in total. The number of nitrogens with zero attached hydrogens (tertiary/aromatic N) is 6. The van der Waals surface area contributed by atoms with Gasteiger partial charge in [0.2, 0.25) is 11.8 Å². The Hall–Kier alpha value is -4.04. The lowest BCUT2D eigenvalue weighted by molar-refractivity contribution is -0.138. The summed E-state index contributed by atoms with van der Waals surface area (Å²) in [6.07, 6.45) is -1.44. The first-order valence-corrected chi connectivity index (χ1v) is 14.8. The van der Waals surface area contributed by atoms with Crippen molar-refractivity contribution in [2.45, 2.75) is 70.9 Å². The predicted octanol–water partition coefficient (Wildman–Crippen LogP) is 4.67. The molecule has 0 radical (unpaired) electrons. The zero-order chi connectivity index (χ0) is 31.5. The van der Waals surface area contributed by atoms with Crippen molar-refractivity contribution < 1.29 is 22.7 Å². The monoisotopic (exact) mass is 671 g/mol. The molecule has 1 saturated carbocycles. The molecule has 4 heterocycles. The van der Waals surface area contributed by atoms with Crippen LogP contribution in [0, 0.1) is 13.8 Å². The molecular weight excluding hydrogens is 643 g/mol. The van der Waals surface area contributed by atoms with Crippen LogP contribution >= 0.6 is 15.9 Å². The van der Waals surface area contributed by atoms with E-state index in [1.807, 2.05) is 19.9 Å². The number of carbonyl (C=O) groups excluding carboxylic acids is 1. The molecule has 0 saturated heterocycles. The van der Waals surface area contributed by atoms with Crippen LogP contribution in [0.4, 0.5) is 13.2 Å². The first-order valence-electron chi connectivity index (χ1n) is 14.0. The third-order valence-electron chi connectivity index (χ3n) is 7.97. The van der Waals surface area contributed by atoms with E-state index in [2.05, 4.69) is 26.0 Å². The lowest BCUT2D eigenvalue weighted by Crippen LogP contribution is -2.46. The van der Waals surface area contributed by atoms with Gasteiger partial charge in [-0.1, -0.05) is 15.9 Å². The Morgan fingerprint density at radius 3 is 2.50 bits per heavy atom. The number of pyridine rings is 1. The van der Waals surface area contributed by atoms with Crippen molar-refractivity contribution in [2.24, 2.45) is 5.73 Å². The molecule has 6 rings (SSSR count). The first kappa shape index (κ1) is 30.0. The van der Waals surface area contributed by atoms with Crippen LogP contribution in [0.3, 0.4) is 0 Å². The highest BCUT2D eigenvalue weighted by atomic mass is 79.9. The van der Waals surface area contributed by atoms with Crippen molar-refractivity contribution in [1.82, 2.24) is 29.2 Å². The molecule has 0 bridgehead atoms. The fraction of sp³-hybridized carbons (Fsp3) is 0.367. The molecule has 1 amide bonds. The second-order valence-corrected chi connectivity index (χ2v) is 12.2. The highest BCUT2D eigenvalue weighted by Gasteiger charge is 2.36. The maximum Gasteiger partial charge on any atom is 0.417 e. The predicted molar refractivity (Wildman–Crippen MR) is 158 cm³/mol. The van der Waals surface area contributed by atoms with Gasteiger partial charge < -0.3 is 15.4 Å². The molecule has 10 nitrogen and oxygen atoms in total. The molecule has 230 valence electrons. The Bertz CT molecular complexity index is 1810. The lowest BCUT2D eigenvalue weighted by Gasteiger charge is -2.34. The van der Waals surface area contributed by atoms with E-state index in [1.165, 1.54) is 27.8 Å². The number of hydrogen-bond donors (Lipinski definition) is 1. The van der Waals surface area contributed by atoms with Gasteiger partial charge in [-0.25, -0.2) is 19.2 Å². The highest BCUT2D eigenvalue weighted by molar-refractivity contribution is 9.10. The van der Waals surface area contributed by atoms with Gasteiger partial charge in [-0.15, -0.1) is 0 Å². The lowest BCUT2D eigenvalue weighted by atomic mass is 9.90. The van der Waals surface area contributed by atoms with Crippen LogP contribution in [0.25, 0.3) is 11.6 Å². The molecule has 2 aliphatic rings. The van der Waals surface area contributed by atoms with Crippen molar-refractivity contribution in [2.75, 3.05) is 0 Å². The molecule has 0 unspecified atom stereocenters. The molecule has 1 fully saturated rings. The largest absolute Gasteiger partial charge is 0.474 e. The van der Waals surface area contributed by atoms with Gasteiger partial charge in [0.05, 0.1) is 35.4 Å². The number of aryl methyl sites for hydroxylation is 2. The summed E-state index contributed by atoms with van der Waals surface area (Å²) in [5.41, 5.74) is 7.10. The molecule has 1 aliphatic heterocycles. The first-order chi connectivity index (χ1) is 20.8. The molecule has 44 heavy (non-hydrogen) atoms. The second-order valence-electron chi connectivity index (χ2n) is 11.3. The number of carbonyl (C=O) groups is 1. The average molecular weight is 673 g/mol. The minimum Gasteiger partial charge on any atom is -0.474 e. The van der Waals surface area contributed by atoms with Gasteiger partial charge in [-0.05, 0) is 70.4 Å². The maximum atomic E-state index is 14.1. The third kappa shape index (κ3) is 5.52. The summed E-state index contributed by atoms with van der Waals surface area (Å²) in [5, 5.41) is 4.54. The standard InChI is InChI=1S/C30H29BrF3N7O3/c1-15-8-17(3)41(38-15)29-37-25-14-39(27(42)18-4-6-24(31)23(10-18)30(32,33)34)16(2)9-22(25)28(43)40(29)20-5-7-26(36-13-20)44-21-11-19(35)12-21/h4-8,10,13,16,19,21H,9,11-12,14,35H2,1-3H3/t16-,19-,21+/m1/s1. The van der Waals surface area contributed by atoms with E-state index in [0.717, 1.165) is 24.6 Å². The van der Waals surface area contributed by atoms with Crippen LogP contribution in [0.1, 0.15) is 58.3 Å². The number of rotatable bonds is 5. The van der Waals surface area contributed by atoms with Crippen LogP contribution in [-0.4, -0.2) is 53.3 Å². The summed E-state index contributed by atoms with van der Waals surface area (Å²) in [7, 11) is 0. The summed E-state index contributed by atoms with van der Waals surface area (Å²) in [6.45, 7) is 5.34. The number of nitrogens with two attached hydrogens (primary N) is 1. The molecule has 1 atom stereocenters. The summed E-state index contributed by atoms with van der Waals surface area (Å²) >= 11 is 2.92. The van der Waals surface area contributed by atoms with E-state index in [4.69, 9.17) is 15.5 Å². The van der Waals surface area contributed by atoms with Crippen molar-refractivity contribution in [3.8, 4) is 17.5 Å². The van der Waals surface area contributed by atoms with Crippen LogP contribution in [0.5, 0.6) is 5.88 Å². The molecule has 1 aromatic carbocycles. The molecule has 3 aromatic heterocycles. The smallest absolute Gasteiger partial charge is 0.417 e. The number of benzene rings is 1. The topological polar surface area (TPSA) is 121 Å². The van der Waals surface area contributed by atoms with E-state index in [0.29, 0.717) is 28.5 Å². The van der Waals surface area contributed by atoms with Gasteiger partial charge in [0.25, 0.3) is 11.5 Å². The number of fused-ring (bicyclic) bond motifs is 1. The van der Waals surface area contributed by atoms with E-state index in [1.54, 1.807) is 23.7 Å². The average Bonchev–Trinajstić information content (AvgIpc) is 3.29. The molecule has 1 aliphatic carbocycles. The second kappa shape index (κ2) is 11.1. The molecule has 14 heteroatoms. The number of ether oxygens (including phenoxy) is 1. The van der Waals surface area contributed by atoms with Gasteiger partial charge >= 0.3 is 6.18 Å².